The fourth-order valence-corrected chi connectivity index (χ4v) is 4.88. The first-order chi connectivity index (χ1) is 16.7. The number of imide groups is 1. The van der Waals surface area contributed by atoms with E-state index in [1.165, 1.54) is 30.0 Å². The van der Waals surface area contributed by atoms with Crippen molar-refractivity contribution in [3.63, 3.8) is 0 Å². The molecule has 35 heavy (non-hydrogen) atoms. The Morgan fingerprint density at radius 3 is 2.54 bits per heavy atom. The van der Waals surface area contributed by atoms with Crippen molar-refractivity contribution in [1.82, 2.24) is 4.90 Å². The van der Waals surface area contributed by atoms with E-state index in [1.807, 2.05) is 12.3 Å². The summed E-state index contributed by atoms with van der Waals surface area (Å²) in [6, 6.07) is 10.2. The van der Waals surface area contributed by atoms with Gasteiger partial charge in [-0.15, -0.1) is 11.8 Å². The van der Waals surface area contributed by atoms with Gasteiger partial charge in [0.2, 0.25) is 5.91 Å². The zero-order valence-corrected chi connectivity index (χ0v) is 21.8. The molecule has 12 heteroatoms. The third kappa shape index (κ3) is 7.17. The van der Waals surface area contributed by atoms with Gasteiger partial charge in [0.05, 0.1) is 21.6 Å². The minimum absolute atomic E-state index is 0.0915. The van der Waals surface area contributed by atoms with E-state index in [9.17, 15) is 19.2 Å². The molecule has 0 unspecified atom stereocenters. The Kier molecular flexibility index (Phi) is 9.50. The average molecular weight is 555 g/mol. The van der Waals surface area contributed by atoms with E-state index in [0.717, 1.165) is 9.80 Å². The van der Waals surface area contributed by atoms with Crippen LogP contribution in [-0.2, 0) is 19.1 Å². The predicted molar refractivity (Wildman–Crippen MR) is 138 cm³/mol. The number of carbonyl (C=O) groups is 4. The van der Waals surface area contributed by atoms with Gasteiger partial charge < -0.3 is 14.8 Å². The standard InChI is InChI=1S/C23H20Cl2N2O6S2/c1-3-32-20(29)12-33-21-16(24)7-13(8-17(21)25)9-18-22(30)27(23(31)35-18)11-19(28)26-14-5-4-6-15(10-14)34-2/h4-10H,3,11-12H2,1-2H3,(H,26,28)/b18-9-. The zero-order chi connectivity index (χ0) is 25.5. The van der Waals surface area contributed by atoms with Crippen molar-refractivity contribution in [3.05, 3.63) is 56.9 Å². The fourth-order valence-electron chi connectivity index (χ4n) is 2.97. The highest BCUT2D eigenvalue weighted by atomic mass is 35.5. The largest absolute Gasteiger partial charge is 0.479 e. The van der Waals surface area contributed by atoms with Gasteiger partial charge in [-0.2, -0.15) is 0 Å². The lowest BCUT2D eigenvalue weighted by atomic mass is 10.2. The van der Waals surface area contributed by atoms with E-state index < -0.39 is 29.6 Å². The van der Waals surface area contributed by atoms with Gasteiger partial charge >= 0.3 is 5.97 Å². The molecule has 0 bridgehead atoms. The molecule has 1 aliphatic heterocycles. The summed E-state index contributed by atoms with van der Waals surface area (Å²) >= 11 is 14.7. The maximum Gasteiger partial charge on any atom is 0.344 e. The summed E-state index contributed by atoms with van der Waals surface area (Å²) in [5, 5.41) is 2.34. The van der Waals surface area contributed by atoms with Gasteiger partial charge in [0.15, 0.2) is 12.4 Å². The maximum atomic E-state index is 12.8. The minimum atomic E-state index is -0.608. The number of anilines is 1. The second-order valence-electron chi connectivity index (χ2n) is 6.96. The van der Waals surface area contributed by atoms with E-state index in [0.29, 0.717) is 23.0 Å². The Balaban J connectivity index is 1.68. The molecule has 1 N–H and O–H groups in total. The summed E-state index contributed by atoms with van der Waals surface area (Å²) in [4.78, 5) is 51.0. The minimum Gasteiger partial charge on any atom is -0.479 e. The van der Waals surface area contributed by atoms with Crippen LogP contribution in [0.1, 0.15) is 12.5 Å². The van der Waals surface area contributed by atoms with Crippen LogP contribution >= 0.6 is 46.7 Å². The Morgan fingerprint density at radius 2 is 1.89 bits per heavy atom. The van der Waals surface area contributed by atoms with Crippen molar-refractivity contribution < 1.29 is 28.7 Å². The number of benzene rings is 2. The van der Waals surface area contributed by atoms with Crippen LogP contribution in [0.4, 0.5) is 10.5 Å². The number of ether oxygens (including phenoxy) is 2. The number of carbonyl (C=O) groups excluding carboxylic acids is 4. The first kappa shape index (κ1) is 26.9. The van der Waals surface area contributed by atoms with Gasteiger partial charge in [-0.3, -0.25) is 19.3 Å². The number of esters is 1. The smallest absolute Gasteiger partial charge is 0.344 e. The molecule has 8 nitrogen and oxygen atoms in total. The summed E-state index contributed by atoms with van der Waals surface area (Å²) in [5.41, 5.74) is 1.01. The van der Waals surface area contributed by atoms with E-state index in [-0.39, 0.29) is 33.9 Å². The summed E-state index contributed by atoms with van der Waals surface area (Å²) < 4.78 is 10.1. The van der Waals surface area contributed by atoms with Gasteiger partial charge in [-0.25, -0.2) is 4.79 Å². The highest BCUT2D eigenvalue weighted by molar-refractivity contribution is 8.18. The molecule has 0 aromatic heterocycles. The van der Waals surface area contributed by atoms with E-state index in [4.69, 9.17) is 32.7 Å². The second-order valence-corrected chi connectivity index (χ2v) is 9.64. The molecule has 1 heterocycles. The summed E-state index contributed by atoms with van der Waals surface area (Å²) in [7, 11) is 0. The van der Waals surface area contributed by atoms with Gasteiger partial charge in [0.1, 0.15) is 6.54 Å². The van der Waals surface area contributed by atoms with Crippen molar-refractivity contribution in [3.8, 4) is 5.75 Å². The van der Waals surface area contributed by atoms with Crippen LogP contribution in [0.3, 0.4) is 0 Å². The quantitative estimate of drug-likeness (QED) is 0.252. The van der Waals surface area contributed by atoms with Crippen molar-refractivity contribution in [2.45, 2.75) is 11.8 Å². The monoisotopic (exact) mass is 554 g/mol. The van der Waals surface area contributed by atoms with E-state index >= 15 is 0 Å². The summed E-state index contributed by atoms with van der Waals surface area (Å²) in [6.45, 7) is 1.10. The number of rotatable bonds is 9. The number of hydrogen-bond donors (Lipinski definition) is 1. The molecular weight excluding hydrogens is 535 g/mol. The molecule has 2 aromatic carbocycles. The number of halogens is 2. The first-order valence-electron chi connectivity index (χ1n) is 10.2. The van der Waals surface area contributed by atoms with Crippen molar-refractivity contribution in [1.29, 1.82) is 0 Å². The van der Waals surface area contributed by atoms with Crippen LogP contribution in [0.5, 0.6) is 5.75 Å². The normalized spacial score (nSPS) is 14.4. The molecule has 184 valence electrons. The Morgan fingerprint density at radius 1 is 1.17 bits per heavy atom. The zero-order valence-electron chi connectivity index (χ0n) is 18.6. The third-order valence-corrected chi connectivity index (χ3v) is 6.68. The molecule has 0 saturated carbocycles. The molecular formula is C23H20Cl2N2O6S2. The second kappa shape index (κ2) is 12.3. The van der Waals surface area contributed by atoms with Gasteiger partial charge in [0.25, 0.3) is 11.1 Å². The number of nitrogens with zero attached hydrogens (tertiary/aromatic N) is 1. The van der Waals surface area contributed by atoms with Crippen LogP contribution in [0, 0.1) is 0 Å². The highest BCUT2D eigenvalue weighted by Gasteiger charge is 2.36. The number of thioether (sulfide) groups is 2. The molecule has 1 saturated heterocycles. The Labute approximate surface area is 220 Å². The van der Waals surface area contributed by atoms with Crippen molar-refractivity contribution in [2.75, 3.05) is 31.3 Å². The Bertz CT molecular complexity index is 1180. The molecule has 0 spiro atoms. The van der Waals surface area contributed by atoms with Crippen LogP contribution in [-0.4, -0.2) is 53.9 Å². The lowest BCUT2D eigenvalue weighted by Crippen LogP contribution is -2.36. The van der Waals surface area contributed by atoms with Gasteiger partial charge in [-0.05, 0) is 66.9 Å². The lowest BCUT2D eigenvalue weighted by molar-refractivity contribution is -0.145. The van der Waals surface area contributed by atoms with E-state index in [1.54, 1.807) is 25.1 Å². The molecule has 0 aliphatic carbocycles. The van der Waals surface area contributed by atoms with Crippen LogP contribution < -0.4 is 10.1 Å². The van der Waals surface area contributed by atoms with E-state index in [2.05, 4.69) is 5.32 Å². The topological polar surface area (TPSA) is 102 Å². The molecule has 3 amide bonds. The molecule has 2 aromatic rings. The highest BCUT2D eigenvalue weighted by Crippen LogP contribution is 2.37. The fraction of sp³-hybridized carbons (Fsp3) is 0.217. The number of amides is 3. The SMILES string of the molecule is CCOC(=O)COc1c(Cl)cc(/C=C2\SC(=O)N(CC(=O)Nc3cccc(SC)c3)C2=O)cc1Cl. The third-order valence-electron chi connectivity index (χ3n) is 4.49. The maximum absolute atomic E-state index is 12.8. The predicted octanol–water partition coefficient (Wildman–Crippen LogP) is 5.33. The molecule has 1 aliphatic rings. The van der Waals surface area contributed by atoms with Gasteiger partial charge in [-0.1, -0.05) is 29.3 Å². The summed E-state index contributed by atoms with van der Waals surface area (Å²) in [6.07, 6.45) is 3.36. The first-order valence-corrected chi connectivity index (χ1v) is 13.0. The number of hydrogen-bond acceptors (Lipinski definition) is 8. The van der Waals surface area contributed by atoms with Crippen LogP contribution in [0.15, 0.2) is 46.2 Å². The molecule has 1 fully saturated rings. The molecule has 0 radical (unpaired) electrons. The average Bonchev–Trinajstić information content (AvgIpc) is 3.06. The van der Waals surface area contributed by atoms with Crippen LogP contribution in [0.25, 0.3) is 6.08 Å². The van der Waals surface area contributed by atoms with Crippen molar-refractivity contribution >= 4 is 81.5 Å². The number of nitrogens with one attached hydrogen (secondary N) is 1. The molecule has 0 atom stereocenters. The van der Waals surface area contributed by atoms with Gasteiger partial charge in [0, 0.05) is 10.6 Å². The van der Waals surface area contributed by atoms with Crippen molar-refractivity contribution in [2.24, 2.45) is 0 Å². The lowest BCUT2D eigenvalue weighted by Gasteiger charge is -2.13. The molecule has 3 rings (SSSR count). The van der Waals surface area contributed by atoms with Crippen LogP contribution in [0.2, 0.25) is 10.0 Å². The summed E-state index contributed by atoms with van der Waals surface area (Å²) in [5.74, 6) is -1.59. The Hall–Kier alpha value is -2.66.